The molecule has 148 valence electrons. The lowest BCUT2D eigenvalue weighted by Gasteiger charge is -2.35. The van der Waals surface area contributed by atoms with E-state index in [-0.39, 0.29) is 12.5 Å². The van der Waals surface area contributed by atoms with Crippen LogP contribution in [0, 0.1) is 0 Å². The first-order valence-corrected chi connectivity index (χ1v) is 9.22. The molecule has 0 unspecified atom stereocenters. The predicted molar refractivity (Wildman–Crippen MR) is 105 cm³/mol. The van der Waals surface area contributed by atoms with Crippen molar-refractivity contribution in [3.8, 4) is 11.4 Å². The van der Waals surface area contributed by atoms with E-state index in [9.17, 15) is 9.59 Å². The number of carbonyl (C=O) groups excluding carboxylic acids is 2. The summed E-state index contributed by atoms with van der Waals surface area (Å²) in [5.74, 6) is 0.749. The van der Waals surface area contributed by atoms with Gasteiger partial charge in [-0.05, 0) is 29.5 Å². The molecule has 1 aromatic carbocycles. The van der Waals surface area contributed by atoms with Crippen molar-refractivity contribution in [1.29, 1.82) is 0 Å². The fourth-order valence-corrected chi connectivity index (χ4v) is 3.16. The molecule has 10 nitrogen and oxygen atoms in total. The van der Waals surface area contributed by atoms with Crippen LogP contribution in [0.5, 0.6) is 0 Å². The molecule has 2 amide bonds. The Morgan fingerprint density at radius 3 is 2.41 bits per heavy atom. The number of nitrogens with two attached hydrogens (primary N) is 1. The third kappa shape index (κ3) is 4.21. The Hall–Kier alpha value is -3.82. The summed E-state index contributed by atoms with van der Waals surface area (Å²) in [6.07, 6.45) is 1.77. The van der Waals surface area contributed by atoms with Crippen molar-refractivity contribution >= 4 is 17.6 Å². The highest BCUT2D eigenvalue weighted by Gasteiger charge is 2.22. The van der Waals surface area contributed by atoms with Gasteiger partial charge in [-0.2, -0.15) is 4.80 Å². The van der Waals surface area contributed by atoms with Gasteiger partial charge in [-0.3, -0.25) is 9.59 Å². The van der Waals surface area contributed by atoms with Crippen molar-refractivity contribution in [3.63, 3.8) is 0 Å². The van der Waals surface area contributed by atoms with Gasteiger partial charge in [0.15, 0.2) is 0 Å². The Bertz CT molecular complexity index is 995. The summed E-state index contributed by atoms with van der Waals surface area (Å²) >= 11 is 0. The molecule has 0 radical (unpaired) electrons. The fraction of sp³-hybridized carbons (Fsp3) is 0.263. The van der Waals surface area contributed by atoms with Crippen LogP contribution in [-0.2, 0) is 11.3 Å². The largest absolute Gasteiger partial charge is 0.366 e. The molecule has 3 heterocycles. The monoisotopic (exact) mass is 392 g/mol. The smallest absolute Gasteiger partial charge is 0.248 e. The standard InChI is InChI=1S/C19H20N8O2/c20-18(29)14-4-6-15(7-5-14)19-22-24-27(23-19)13-17(28)26-11-9-25(10-12-26)16-3-1-2-8-21-16/h1-8H,9-13H2,(H2,20,29). The number of anilines is 1. The van der Waals surface area contributed by atoms with Crippen LogP contribution in [0.15, 0.2) is 48.7 Å². The quantitative estimate of drug-likeness (QED) is 0.657. The molecule has 2 aromatic heterocycles. The van der Waals surface area contributed by atoms with Gasteiger partial charge >= 0.3 is 0 Å². The topological polar surface area (TPSA) is 123 Å². The fourth-order valence-electron chi connectivity index (χ4n) is 3.16. The number of rotatable bonds is 5. The maximum absolute atomic E-state index is 12.6. The average molecular weight is 392 g/mol. The third-order valence-electron chi connectivity index (χ3n) is 4.76. The molecule has 0 saturated carbocycles. The number of carbonyl (C=O) groups is 2. The summed E-state index contributed by atoms with van der Waals surface area (Å²) < 4.78 is 0. The van der Waals surface area contributed by atoms with E-state index in [0.717, 1.165) is 18.9 Å². The number of pyridine rings is 1. The van der Waals surface area contributed by atoms with Crippen molar-refractivity contribution in [1.82, 2.24) is 30.1 Å². The molecule has 1 aliphatic heterocycles. The minimum atomic E-state index is -0.498. The predicted octanol–water partition coefficient (Wildman–Crippen LogP) is 0.183. The van der Waals surface area contributed by atoms with Crippen LogP contribution in [0.1, 0.15) is 10.4 Å². The van der Waals surface area contributed by atoms with E-state index in [2.05, 4.69) is 25.3 Å². The molecule has 0 spiro atoms. The molecule has 3 aromatic rings. The number of hydrogen-bond acceptors (Lipinski definition) is 7. The number of nitrogens with zero attached hydrogens (tertiary/aromatic N) is 7. The van der Waals surface area contributed by atoms with Gasteiger partial charge in [0.1, 0.15) is 12.4 Å². The van der Waals surface area contributed by atoms with Crippen LogP contribution < -0.4 is 10.6 Å². The third-order valence-corrected chi connectivity index (χ3v) is 4.76. The van der Waals surface area contributed by atoms with Gasteiger partial charge in [0, 0.05) is 43.5 Å². The second-order valence-corrected chi connectivity index (χ2v) is 6.64. The number of hydrogen-bond donors (Lipinski definition) is 1. The van der Waals surface area contributed by atoms with Crippen LogP contribution in [0.3, 0.4) is 0 Å². The summed E-state index contributed by atoms with van der Waals surface area (Å²) in [5.41, 5.74) is 6.33. The summed E-state index contributed by atoms with van der Waals surface area (Å²) in [6, 6.07) is 12.4. The Morgan fingerprint density at radius 1 is 1.00 bits per heavy atom. The van der Waals surface area contributed by atoms with Gasteiger partial charge < -0.3 is 15.5 Å². The molecule has 2 N–H and O–H groups in total. The van der Waals surface area contributed by atoms with Gasteiger partial charge in [-0.1, -0.05) is 18.2 Å². The molecule has 1 aliphatic rings. The van der Waals surface area contributed by atoms with E-state index in [1.807, 2.05) is 18.2 Å². The number of aromatic nitrogens is 5. The van der Waals surface area contributed by atoms with Crippen molar-refractivity contribution in [2.75, 3.05) is 31.1 Å². The summed E-state index contributed by atoms with van der Waals surface area (Å²) in [4.78, 5) is 33.3. The van der Waals surface area contributed by atoms with Gasteiger partial charge in [0.05, 0.1) is 0 Å². The first kappa shape index (κ1) is 18.5. The highest BCUT2D eigenvalue weighted by molar-refractivity contribution is 5.93. The molecule has 1 saturated heterocycles. The van der Waals surface area contributed by atoms with Crippen LogP contribution in [0.2, 0.25) is 0 Å². The minimum absolute atomic E-state index is 0.0238. The zero-order valence-electron chi connectivity index (χ0n) is 15.7. The van der Waals surface area contributed by atoms with Crippen LogP contribution in [0.25, 0.3) is 11.4 Å². The number of tetrazole rings is 1. The molecule has 0 bridgehead atoms. The summed E-state index contributed by atoms with van der Waals surface area (Å²) in [7, 11) is 0. The second-order valence-electron chi connectivity index (χ2n) is 6.64. The zero-order valence-corrected chi connectivity index (χ0v) is 15.7. The number of amides is 2. The van der Waals surface area contributed by atoms with Crippen molar-refractivity contribution in [3.05, 3.63) is 54.2 Å². The maximum atomic E-state index is 12.6. The molecule has 4 rings (SSSR count). The first-order valence-electron chi connectivity index (χ1n) is 9.22. The lowest BCUT2D eigenvalue weighted by atomic mass is 10.1. The van der Waals surface area contributed by atoms with E-state index >= 15 is 0 Å². The van der Waals surface area contributed by atoms with E-state index in [1.165, 1.54) is 4.80 Å². The minimum Gasteiger partial charge on any atom is -0.366 e. The normalized spacial score (nSPS) is 14.1. The van der Waals surface area contributed by atoms with Gasteiger partial charge in [0.2, 0.25) is 17.6 Å². The van der Waals surface area contributed by atoms with Crippen molar-refractivity contribution in [2.24, 2.45) is 5.73 Å². The van der Waals surface area contributed by atoms with E-state index in [1.54, 1.807) is 35.4 Å². The second kappa shape index (κ2) is 8.05. The zero-order chi connectivity index (χ0) is 20.2. The molecule has 10 heteroatoms. The van der Waals surface area contributed by atoms with Crippen molar-refractivity contribution < 1.29 is 9.59 Å². The summed E-state index contributed by atoms with van der Waals surface area (Å²) in [6.45, 7) is 2.71. The van der Waals surface area contributed by atoms with Crippen LogP contribution in [0.4, 0.5) is 5.82 Å². The van der Waals surface area contributed by atoms with Gasteiger partial charge in [-0.25, -0.2) is 4.98 Å². The highest BCUT2D eigenvalue weighted by Crippen LogP contribution is 2.15. The average Bonchev–Trinajstić information content (AvgIpc) is 3.23. The Morgan fingerprint density at radius 2 is 1.76 bits per heavy atom. The van der Waals surface area contributed by atoms with Gasteiger partial charge in [-0.15, -0.1) is 10.2 Å². The molecule has 1 fully saturated rings. The maximum Gasteiger partial charge on any atom is 0.248 e. The molecule has 0 aliphatic carbocycles. The van der Waals surface area contributed by atoms with Crippen LogP contribution >= 0.6 is 0 Å². The molecule has 29 heavy (non-hydrogen) atoms. The van der Waals surface area contributed by atoms with Gasteiger partial charge in [0.25, 0.3) is 0 Å². The summed E-state index contributed by atoms with van der Waals surface area (Å²) in [5, 5.41) is 12.2. The Labute approximate surface area is 166 Å². The number of piperazine rings is 1. The van der Waals surface area contributed by atoms with Crippen LogP contribution in [-0.4, -0.2) is 68.1 Å². The lowest BCUT2D eigenvalue weighted by molar-refractivity contribution is -0.132. The Kier molecular flexibility index (Phi) is 5.14. The lowest BCUT2D eigenvalue weighted by Crippen LogP contribution is -2.50. The highest BCUT2D eigenvalue weighted by atomic mass is 16.2. The first-order chi connectivity index (χ1) is 14.1. The SMILES string of the molecule is NC(=O)c1ccc(-c2nnn(CC(=O)N3CCN(c4ccccn4)CC3)n2)cc1. The van der Waals surface area contributed by atoms with E-state index < -0.39 is 5.91 Å². The Balaban J connectivity index is 1.34. The number of benzene rings is 1. The molecule has 0 atom stereocenters. The molecular formula is C19H20N8O2. The van der Waals surface area contributed by atoms with E-state index in [0.29, 0.717) is 30.0 Å². The van der Waals surface area contributed by atoms with E-state index in [4.69, 9.17) is 5.73 Å². The molecular weight excluding hydrogens is 372 g/mol. The van der Waals surface area contributed by atoms with Crippen molar-refractivity contribution in [2.45, 2.75) is 6.54 Å². The number of primary amides is 1.